The van der Waals surface area contributed by atoms with Crippen LogP contribution in [0.3, 0.4) is 0 Å². The van der Waals surface area contributed by atoms with Gasteiger partial charge in [-0.1, -0.05) is 6.92 Å². The summed E-state index contributed by atoms with van der Waals surface area (Å²) in [4.78, 5) is 27.7. The number of carboxylic acid groups (broad SMARTS) is 1. The van der Waals surface area contributed by atoms with E-state index in [4.69, 9.17) is 10.4 Å². The molecule has 1 aromatic heterocycles. The summed E-state index contributed by atoms with van der Waals surface area (Å²) < 4.78 is 0. The van der Waals surface area contributed by atoms with Crippen molar-refractivity contribution >= 4 is 11.9 Å². The molecule has 0 saturated carbocycles. The largest absolute Gasteiger partial charge is 0.481 e. The van der Waals surface area contributed by atoms with Crippen molar-refractivity contribution in [3.63, 3.8) is 0 Å². The summed E-state index contributed by atoms with van der Waals surface area (Å²) in [6.07, 6.45) is 1.31. The van der Waals surface area contributed by atoms with Crippen molar-refractivity contribution in [1.82, 2.24) is 9.88 Å². The molecule has 94 valence electrons. The van der Waals surface area contributed by atoms with Crippen molar-refractivity contribution in [3.05, 3.63) is 29.6 Å². The maximum absolute atomic E-state index is 11.9. The molecule has 1 aromatic rings. The molecule has 6 nitrogen and oxygen atoms in total. The van der Waals surface area contributed by atoms with E-state index in [1.54, 1.807) is 0 Å². The summed E-state index contributed by atoms with van der Waals surface area (Å²) in [7, 11) is 1.52. The van der Waals surface area contributed by atoms with Gasteiger partial charge in [-0.25, -0.2) is 4.98 Å². The molecule has 1 heterocycles. The zero-order chi connectivity index (χ0) is 13.7. The lowest BCUT2D eigenvalue weighted by Gasteiger charge is -2.18. The lowest BCUT2D eigenvalue weighted by Crippen LogP contribution is -2.34. The number of nitrogens with zero attached hydrogens (tertiary/aromatic N) is 3. The number of amides is 1. The first kappa shape index (κ1) is 13.6. The fourth-order valence-electron chi connectivity index (χ4n) is 1.35. The van der Waals surface area contributed by atoms with Gasteiger partial charge >= 0.3 is 5.97 Å². The van der Waals surface area contributed by atoms with E-state index in [-0.39, 0.29) is 18.1 Å². The first-order chi connectivity index (χ1) is 8.45. The van der Waals surface area contributed by atoms with E-state index in [2.05, 4.69) is 4.98 Å². The predicted molar refractivity (Wildman–Crippen MR) is 62.7 cm³/mol. The number of aliphatic carboxylic acids is 1. The van der Waals surface area contributed by atoms with Gasteiger partial charge in [0.1, 0.15) is 11.8 Å². The highest BCUT2D eigenvalue weighted by Crippen LogP contribution is 2.05. The second-order valence-corrected chi connectivity index (χ2v) is 3.97. The van der Waals surface area contributed by atoms with E-state index in [1.807, 2.05) is 6.07 Å². The van der Waals surface area contributed by atoms with Crippen molar-refractivity contribution in [2.45, 2.75) is 6.92 Å². The molecule has 0 radical (unpaired) electrons. The van der Waals surface area contributed by atoms with Crippen LogP contribution < -0.4 is 0 Å². The van der Waals surface area contributed by atoms with Crippen LogP contribution in [-0.4, -0.2) is 40.5 Å². The molecule has 1 unspecified atom stereocenters. The Balaban J connectivity index is 2.74. The van der Waals surface area contributed by atoms with Crippen LogP contribution in [0.2, 0.25) is 0 Å². The summed E-state index contributed by atoms with van der Waals surface area (Å²) >= 11 is 0. The minimum Gasteiger partial charge on any atom is -0.481 e. The summed E-state index contributed by atoms with van der Waals surface area (Å²) in [6, 6.07) is 4.85. The van der Waals surface area contributed by atoms with Gasteiger partial charge in [0.15, 0.2) is 0 Å². The summed E-state index contributed by atoms with van der Waals surface area (Å²) in [6.45, 7) is 1.63. The molecule has 0 aliphatic rings. The number of nitriles is 1. The van der Waals surface area contributed by atoms with Crippen LogP contribution in [0, 0.1) is 17.2 Å². The van der Waals surface area contributed by atoms with Crippen LogP contribution in [-0.2, 0) is 4.79 Å². The second-order valence-electron chi connectivity index (χ2n) is 3.97. The minimum absolute atomic E-state index is 0.107. The monoisotopic (exact) mass is 247 g/mol. The number of carbonyl (C=O) groups excluding carboxylic acids is 1. The topological polar surface area (TPSA) is 94.3 Å². The number of hydrogen-bond donors (Lipinski definition) is 1. The molecule has 0 spiro atoms. The van der Waals surface area contributed by atoms with Gasteiger partial charge in [0, 0.05) is 19.8 Å². The molecule has 18 heavy (non-hydrogen) atoms. The first-order valence-electron chi connectivity index (χ1n) is 5.30. The Morgan fingerprint density at radius 3 is 2.67 bits per heavy atom. The molecule has 0 saturated heterocycles. The van der Waals surface area contributed by atoms with Crippen LogP contribution in [0.1, 0.15) is 23.0 Å². The van der Waals surface area contributed by atoms with E-state index >= 15 is 0 Å². The van der Waals surface area contributed by atoms with Gasteiger partial charge < -0.3 is 10.0 Å². The number of rotatable bonds is 4. The van der Waals surface area contributed by atoms with E-state index in [9.17, 15) is 9.59 Å². The summed E-state index contributed by atoms with van der Waals surface area (Å²) in [5.74, 6) is -1.97. The molecule has 0 fully saturated rings. The second kappa shape index (κ2) is 5.77. The zero-order valence-electron chi connectivity index (χ0n) is 10.1. The molecule has 6 heteroatoms. The minimum atomic E-state index is -0.956. The van der Waals surface area contributed by atoms with E-state index in [1.165, 1.54) is 37.2 Å². The molecule has 1 amide bonds. The van der Waals surface area contributed by atoms with Crippen molar-refractivity contribution in [1.29, 1.82) is 5.26 Å². The van der Waals surface area contributed by atoms with E-state index in [0.717, 1.165) is 0 Å². The maximum atomic E-state index is 11.9. The lowest BCUT2D eigenvalue weighted by molar-refractivity contribution is -0.141. The third-order valence-corrected chi connectivity index (χ3v) is 2.43. The molecule has 1 atom stereocenters. The van der Waals surface area contributed by atoms with Gasteiger partial charge in [0.2, 0.25) is 0 Å². The van der Waals surface area contributed by atoms with Crippen molar-refractivity contribution in [2.75, 3.05) is 13.6 Å². The molecule has 0 aromatic carbocycles. The molecule has 0 bridgehead atoms. The molecule has 0 aliphatic heterocycles. The van der Waals surface area contributed by atoms with Crippen molar-refractivity contribution in [3.8, 4) is 6.07 Å². The van der Waals surface area contributed by atoms with E-state index in [0.29, 0.717) is 5.56 Å². The van der Waals surface area contributed by atoms with Crippen molar-refractivity contribution in [2.24, 2.45) is 5.92 Å². The molecule has 0 aliphatic carbocycles. The Morgan fingerprint density at radius 2 is 2.22 bits per heavy atom. The van der Waals surface area contributed by atoms with Gasteiger partial charge in [0.25, 0.3) is 5.91 Å². The molecular formula is C12H13N3O3. The highest BCUT2D eigenvalue weighted by molar-refractivity contribution is 5.92. The number of aromatic nitrogens is 1. The van der Waals surface area contributed by atoms with Gasteiger partial charge in [0.05, 0.1) is 11.5 Å². The number of pyridine rings is 1. The fraction of sp³-hybridized carbons (Fsp3) is 0.333. The molecule has 1 N–H and O–H groups in total. The zero-order valence-corrected chi connectivity index (χ0v) is 10.1. The van der Waals surface area contributed by atoms with Gasteiger partial charge in [-0.05, 0) is 12.1 Å². The average molecular weight is 247 g/mol. The summed E-state index contributed by atoms with van der Waals surface area (Å²) in [5, 5.41) is 17.4. The third-order valence-electron chi connectivity index (χ3n) is 2.43. The standard InChI is InChI=1S/C12H13N3O3/c1-8(12(17)18)7-15(2)11(16)10-4-3-9(5-13)6-14-10/h3-4,6,8H,7H2,1-2H3,(H,17,18). The van der Waals surface area contributed by atoms with Crippen LogP contribution in [0.4, 0.5) is 0 Å². The normalized spacial score (nSPS) is 11.4. The van der Waals surface area contributed by atoms with Crippen LogP contribution in [0.15, 0.2) is 18.3 Å². The number of hydrogen-bond acceptors (Lipinski definition) is 4. The highest BCUT2D eigenvalue weighted by atomic mass is 16.4. The van der Waals surface area contributed by atoms with Gasteiger partial charge in [-0.15, -0.1) is 0 Å². The van der Waals surface area contributed by atoms with Crippen LogP contribution in [0.25, 0.3) is 0 Å². The van der Waals surface area contributed by atoms with Gasteiger partial charge in [-0.2, -0.15) is 5.26 Å². The molecule has 1 rings (SSSR count). The van der Waals surface area contributed by atoms with Gasteiger partial charge in [-0.3, -0.25) is 9.59 Å². The first-order valence-corrected chi connectivity index (χ1v) is 5.30. The number of carbonyl (C=O) groups is 2. The third kappa shape index (κ3) is 3.28. The average Bonchev–Trinajstić information content (AvgIpc) is 2.37. The van der Waals surface area contributed by atoms with Crippen LogP contribution in [0.5, 0.6) is 0 Å². The Bertz CT molecular complexity index is 490. The Morgan fingerprint density at radius 1 is 1.56 bits per heavy atom. The lowest BCUT2D eigenvalue weighted by atomic mass is 10.1. The Labute approximate surface area is 104 Å². The predicted octanol–water partition coefficient (Wildman–Crippen LogP) is 0.746. The SMILES string of the molecule is CC(CN(C)C(=O)c1ccc(C#N)cn1)C(=O)O. The van der Waals surface area contributed by atoms with Crippen LogP contribution >= 0.6 is 0 Å². The Kier molecular flexibility index (Phi) is 4.38. The molecular weight excluding hydrogens is 234 g/mol. The summed E-state index contributed by atoms with van der Waals surface area (Å²) in [5.41, 5.74) is 0.558. The Hall–Kier alpha value is -2.42. The number of carboxylic acids is 1. The highest BCUT2D eigenvalue weighted by Gasteiger charge is 2.19. The van der Waals surface area contributed by atoms with E-state index < -0.39 is 11.9 Å². The maximum Gasteiger partial charge on any atom is 0.308 e. The quantitative estimate of drug-likeness (QED) is 0.847. The smallest absolute Gasteiger partial charge is 0.308 e. The van der Waals surface area contributed by atoms with Crippen molar-refractivity contribution < 1.29 is 14.7 Å². The fourth-order valence-corrected chi connectivity index (χ4v) is 1.35.